The molecule has 0 saturated carbocycles. The van der Waals surface area contributed by atoms with Crippen molar-refractivity contribution in [3.8, 4) is 0 Å². The summed E-state index contributed by atoms with van der Waals surface area (Å²) in [7, 11) is 1.29. The number of benzene rings is 1. The van der Waals surface area contributed by atoms with Crippen LogP contribution in [0.25, 0.3) is 0 Å². The van der Waals surface area contributed by atoms with Gasteiger partial charge in [0, 0.05) is 6.07 Å². The molecule has 0 bridgehead atoms. The summed E-state index contributed by atoms with van der Waals surface area (Å²) in [6, 6.07) is 2.59. The molecule has 19 heavy (non-hydrogen) atoms. The minimum Gasteiger partial charge on any atom is -0.467 e. The summed E-state index contributed by atoms with van der Waals surface area (Å²) in [4.78, 5) is 22.1. The van der Waals surface area contributed by atoms with Crippen molar-refractivity contribution in [1.82, 2.24) is 0 Å². The van der Waals surface area contributed by atoms with Crippen molar-refractivity contribution in [2.75, 3.05) is 12.4 Å². The molecule has 104 valence electrons. The molecule has 0 aliphatic heterocycles. The standard InChI is InChI=1S/C13H18N2O4/c1-5-10(13(16)19-4)14-11-6-8(2)9(3)7-12(11)15(17)18/h6-7,10,14H,5H2,1-4H3. The van der Waals surface area contributed by atoms with E-state index in [1.165, 1.54) is 13.2 Å². The number of hydrogen-bond acceptors (Lipinski definition) is 5. The Bertz CT molecular complexity index is 500. The number of ether oxygens (including phenoxy) is 1. The van der Waals surface area contributed by atoms with E-state index in [0.29, 0.717) is 12.1 Å². The number of carbonyl (C=O) groups excluding carboxylic acids is 1. The van der Waals surface area contributed by atoms with E-state index < -0.39 is 16.9 Å². The quantitative estimate of drug-likeness (QED) is 0.503. The third kappa shape index (κ3) is 3.43. The number of carbonyl (C=O) groups is 1. The summed E-state index contributed by atoms with van der Waals surface area (Å²) in [5, 5.41) is 13.9. The zero-order chi connectivity index (χ0) is 14.6. The van der Waals surface area contributed by atoms with Gasteiger partial charge in [0.15, 0.2) is 0 Å². The Hall–Kier alpha value is -2.11. The van der Waals surface area contributed by atoms with Crippen molar-refractivity contribution in [3.63, 3.8) is 0 Å². The van der Waals surface area contributed by atoms with Crippen LogP contribution in [0.15, 0.2) is 12.1 Å². The van der Waals surface area contributed by atoms with Gasteiger partial charge in [-0.2, -0.15) is 0 Å². The Morgan fingerprint density at radius 1 is 1.42 bits per heavy atom. The Kier molecular flexibility index (Phi) is 4.86. The molecule has 1 unspecified atom stereocenters. The van der Waals surface area contributed by atoms with Crippen LogP contribution in [0.2, 0.25) is 0 Å². The van der Waals surface area contributed by atoms with Crippen molar-refractivity contribution >= 4 is 17.3 Å². The molecule has 0 heterocycles. The first-order chi connectivity index (χ1) is 8.90. The molecule has 1 aromatic carbocycles. The van der Waals surface area contributed by atoms with Crippen molar-refractivity contribution in [2.24, 2.45) is 0 Å². The van der Waals surface area contributed by atoms with E-state index in [4.69, 9.17) is 0 Å². The first kappa shape index (κ1) is 14.9. The number of hydrogen-bond donors (Lipinski definition) is 1. The lowest BCUT2D eigenvalue weighted by Crippen LogP contribution is -2.30. The molecule has 0 saturated heterocycles. The summed E-state index contributed by atoms with van der Waals surface area (Å²) in [6.45, 7) is 5.48. The highest BCUT2D eigenvalue weighted by Crippen LogP contribution is 2.28. The summed E-state index contributed by atoms with van der Waals surface area (Å²) >= 11 is 0. The Balaban J connectivity index is 3.15. The molecular formula is C13H18N2O4. The predicted octanol–water partition coefficient (Wildman–Crippen LogP) is 2.58. The number of nitrogens with one attached hydrogen (secondary N) is 1. The van der Waals surface area contributed by atoms with Gasteiger partial charge in [0.1, 0.15) is 11.7 Å². The Morgan fingerprint density at radius 2 is 2.00 bits per heavy atom. The molecule has 1 atom stereocenters. The monoisotopic (exact) mass is 266 g/mol. The van der Waals surface area contributed by atoms with Crippen LogP contribution in [0.1, 0.15) is 24.5 Å². The Morgan fingerprint density at radius 3 is 2.47 bits per heavy atom. The Labute approximate surface area is 111 Å². The van der Waals surface area contributed by atoms with Crippen LogP contribution in [0.5, 0.6) is 0 Å². The topological polar surface area (TPSA) is 81.5 Å². The number of nitro benzene ring substituents is 1. The number of methoxy groups -OCH3 is 1. The van der Waals surface area contributed by atoms with Crippen LogP contribution >= 0.6 is 0 Å². The second-order valence-electron chi connectivity index (χ2n) is 4.34. The van der Waals surface area contributed by atoms with Crippen LogP contribution in [0.3, 0.4) is 0 Å². The highest BCUT2D eigenvalue weighted by molar-refractivity contribution is 5.80. The van der Waals surface area contributed by atoms with E-state index in [0.717, 1.165) is 11.1 Å². The van der Waals surface area contributed by atoms with Crippen molar-refractivity contribution in [2.45, 2.75) is 33.2 Å². The molecule has 6 heteroatoms. The van der Waals surface area contributed by atoms with Gasteiger partial charge in [-0.1, -0.05) is 6.92 Å². The number of rotatable bonds is 5. The second-order valence-corrected chi connectivity index (χ2v) is 4.34. The molecule has 0 aliphatic carbocycles. The van der Waals surface area contributed by atoms with Crippen molar-refractivity contribution in [1.29, 1.82) is 0 Å². The first-order valence-electron chi connectivity index (χ1n) is 6.00. The molecular weight excluding hydrogens is 248 g/mol. The van der Waals surface area contributed by atoms with Crippen LogP contribution in [0, 0.1) is 24.0 Å². The average molecular weight is 266 g/mol. The highest BCUT2D eigenvalue weighted by atomic mass is 16.6. The molecule has 1 aromatic rings. The molecule has 0 radical (unpaired) electrons. The van der Waals surface area contributed by atoms with Gasteiger partial charge in [-0.25, -0.2) is 4.79 Å². The number of nitrogens with zero attached hydrogens (tertiary/aromatic N) is 1. The lowest BCUT2D eigenvalue weighted by molar-refractivity contribution is -0.384. The smallest absolute Gasteiger partial charge is 0.328 e. The highest BCUT2D eigenvalue weighted by Gasteiger charge is 2.22. The fraction of sp³-hybridized carbons (Fsp3) is 0.462. The third-order valence-corrected chi connectivity index (χ3v) is 3.03. The largest absolute Gasteiger partial charge is 0.467 e. The van der Waals surface area contributed by atoms with Crippen LogP contribution in [-0.2, 0) is 9.53 Å². The van der Waals surface area contributed by atoms with Gasteiger partial charge in [-0.3, -0.25) is 10.1 Å². The minimum atomic E-state index is -0.592. The molecule has 6 nitrogen and oxygen atoms in total. The zero-order valence-corrected chi connectivity index (χ0v) is 11.5. The fourth-order valence-electron chi connectivity index (χ4n) is 1.73. The maximum Gasteiger partial charge on any atom is 0.328 e. The van der Waals surface area contributed by atoms with E-state index in [1.807, 2.05) is 20.8 Å². The third-order valence-electron chi connectivity index (χ3n) is 3.03. The molecule has 0 amide bonds. The maximum atomic E-state index is 11.5. The van der Waals surface area contributed by atoms with E-state index in [9.17, 15) is 14.9 Å². The summed E-state index contributed by atoms with van der Waals surface area (Å²) < 4.78 is 4.66. The van der Waals surface area contributed by atoms with E-state index >= 15 is 0 Å². The molecule has 0 aliphatic rings. The van der Waals surface area contributed by atoms with Crippen molar-refractivity contribution in [3.05, 3.63) is 33.4 Å². The molecule has 0 spiro atoms. The normalized spacial score (nSPS) is 11.8. The fourth-order valence-corrected chi connectivity index (χ4v) is 1.73. The zero-order valence-electron chi connectivity index (χ0n) is 11.5. The summed E-state index contributed by atoms with van der Waals surface area (Å²) in [6.07, 6.45) is 0.483. The molecule has 1 N–H and O–H groups in total. The van der Waals surface area contributed by atoms with Gasteiger partial charge < -0.3 is 10.1 Å². The molecule has 1 rings (SSSR count). The summed E-state index contributed by atoms with van der Waals surface area (Å²) in [5.41, 5.74) is 2.06. The number of anilines is 1. The van der Waals surface area contributed by atoms with Gasteiger partial charge in [0.2, 0.25) is 0 Å². The first-order valence-corrected chi connectivity index (χ1v) is 6.00. The van der Waals surface area contributed by atoms with Gasteiger partial charge in [-0.15, -0.1) is 0 Å². The maximum absolute atomic E-state index is 11.5. The van der Waals surface area contributed by atoms with Gasteiger partial charge >= 0.3 is 5.97 Å². The minimum absolute atomic E-state index is 0.0366. The van der Waals surface area contributed by atoms with Gasteiger partial charge in [0.25, 0.3) is 5.69 Å². The predicted molar refractivity (Wildman–Crippen MR) is 72.3 cm³/mol. The average Bonchev–Trinajstić information content (AvgIpc) is 2.38. The van der Waals surface area contributed by atoms with E-state index in [1.54, 1.807) is 6.07 Å². The second kappa shape index (κ2) is 6.17. The molecule has 0 fully saturated rings. The van der Waals surface area contributed by atoms with Gasteiger partial charge in [0.05, 0.1) is 12.0 Å². The SMILES string of the molecule is CCC(Nc1cc(C)c(C)cc1[N+](=O)[O-])C(=O)OC. The lowest BCUT2D eigenvalue weighted by Gasteiger charge is -2.16. The van der Waals surface area contributed by atoms with E-state index in [-0.39, 0.29) is 5.69 Å². The number of aryl methyl sites for hydroxylation is 2. The molecule has 0 aromatic heterocycles. The summed E-state index contributed by atoms with van der Waals surface area (Å²) in [5.74, 6) is -0.435. The van der Waals surface area contributed by atoms with Crippen LogP contribution < -0.4 is 5.32 Å². The van der Waals surface area contributed by atoms with Gasteiger partial charge in [-0.05, 0) is 37.5 Å². The lowest BCUT2D eigenvalue weighted by atomic mass is 10.1. The van der Waals surface area contributed by atoms with Crippen LogP contribution in [0.4, 0.5) is 11.4 Å². The number of esters is 1. The van der Waals surface area contributed by atoms with Crippen molar-refractivity contribution < 1.29 is 14.5 Å². The van der Waals surface area contributed by atoms with E-state index in [2.05, 4.69) is 10.1 Å². The number of nitro groups is 1. The van der Waals surface area contributed by atoms with Crippen LogP contribution in [-0.4, -0.2) is 24.0 Å².